The van der Waals surface area contributed by atoms with E-state index in [1.165, 1.54) is 23.5 Å². The average molecular weight is 329 g/mol. The van der Waals surface area contributed by atoms with Crippen molar-refractivity contribution in [2.75, 3.05) is 6.54 Å². The molecular formula is C13H16FN3O2S2. The maximum absolute atomic E-state index is 13.4. The molecule has 1 aromatic carbocycles. The van der Waals surface area contributed by atoms with Crippen molar-refractivity contribution in [2.24, 2.45) is 5.73 Å². The van der Waals surface area contributed by atoms with E-state index in [9.17, 15) is 12.8 Å². The molecule has 21 heavy (non-hydrogen) atoms. The molecule has 0 aliphatic heterocycles. The van der Waals surface area contributed by atoms with E-state index in [0.717, 1.165) is 11.1 Å². The van der Waals surface area contributed by atoms with Crippen LogP contribution in [0.3, 0.4) is 0 Å². The highest BCUT2D eigenvalue weighted by Gasteiger charge is 2.18. The molecule has 1 unspecified atom stereocenters. The van der Waals surface area contributed by atoms with Gasteiger partial charge in [-0.25, -0.2) is 22.5 Å². The molecule has 2 aromatic rings. The maximum atomic E-state index is 13.4. The van der Waals surface area contributed by atoms with Crippen molar-refractivity contribution < 1.29 is 12.8 Å². The van der Waals surface area contributed by atoms with Gasteiger partial charge in [0.1, 0.15) is 5.82 Å². The quantitative estimate of drug-likeness (QED) is 0.846. The fraction of sp³-hybridized carbons (Fsp3) is 0.308. The topological polar surface area (TPSA) is 85.1 Å². The molecule has 1 atom stereocenters. The van der Waals surface area contributed by atoms with Crippen LogP contribution in [0.5, 0.6) is 0 Å². The molecule has 1 heterocycles. The molecule has 8 heteroatoms. The predicted octanol–water partition coefficient (Wildman–Crippen LogP) is 1.82. The zero-order valence-corrected chi connectivity index (χ0v) is 13.0. The lowest BCUT2D eigenvalue weighted by atomic mass is 10.2. The van der Waals surface area contributed by atoms with Crippen LogP contribution in [0, 0.1) is 5.82 Å². The molecule has 0 saturated heterocycles. The molecule has 0 amide bonds. The first-order valence-electron chi connectivity index (χ1n) is 6.31. The lowest BCUT2D eigenvalue weighted by Crippen LogP contribution is -2.28. The highest BCUT2D eigenvalue weighted by molar-refractivity contribution is 7.89. The summed E-state index contributed by atoms with van der Waals surface area (Å²) in [4.78, 5) is 4.16. The number of halogens is 1. The fourth-order valence-electron chi connectivity index (χ4n) is 1.76. The Hall–Kier alpha value is -1.35. The minimum absolute atomic E-state index is 0.00990. The maximum Gasteiger partial charge on any atom is 0.240 e. The number of sulfonamides is 1. The molecule has 0 bridgehead atoms. The number of benzene rings is 1. The summed E-state index contributed by atoms with van der Waals surface area (Å²) in [7, 11) is -3.69. The number of nitrogens with two attached hydrogens (primary N) is 1. The van der Waals surface area contributed by atoms with Crippen LogP contribution in [0.1, 0.15) is 23.4 Å². The number of hydrogen-bond donors (Lipinski definition) is 2. The van der Waals surface area contributed by atoms with Gasteiger partial charge in [0.15, 0.2) is 0 Å². The summed E-state index contributed by atoms with van der Waals surface area (Å²) in [6.45, 7) is 2.06. The second-order valence-corrected chi connectivity index (χ2v) is 7.27. The van der Waals surface area contributed by atoms with Gasteiger partial charge in [-0.05, 0) is 18.2 Å². The third-order valence-electron chi connectivity index (χ3n) is 3.00. The smallest absolute Gasteiger partial charge is 0.240 e. The van der Waals surface area contributed by atoms with Crippen molar-refractivity contribution in [1.29, 1.82) is 0 Å². The molecule has 0 fully saturated rings. The van der Waals surface area contributed by atoms with Crippen molar-refractivity contribution in [1.82, 2.24) is 9.71 Å². The van der Waals surface area contributed by atoms with Crippen molar-refractivity contribution in [3.8, 4) is 0 Å². The molecule has 0 radical (unpaired) electrons. The van der Waals surface area contributed by atoms with Gasteiger partial charge in [-0.15, -0.1) is 11.3 Å². The summed E-state index contributed by atoms with van der Waals surface area (Å²) >= 11 is 1.47. The van der Waals surface area contributed by atoms with E-state index in [0.29, 0.717) is 0 Å². The van der Waals surface area contributed by atoms with E-state index in [2.05, 4.69) is 9.71 Å². The molecule has 2 rings (SSSR count). The van der Waals surface area contributed by atoms with E-state index >= 15 is 0 Å². The summed E-state index contributed by atoms with van der Waals surface area (Å²) < 4.78 is 40.3. The molecule has 1 aromatic heterocycles. The summed E-state index contributed by atoms with van der Waals surface area (Å²) in [6.07, 6.45) is 1.68. The van der Waals surface area contributed by atoms with Gasteiger partial charge in [0, 0.05) is 36.1 Å². The van der Waals surface area contributed by atoms with Crippen LogP contribution in [0.2, 0.25) is 0 Å². The number of aromatic nitrogens is 1. The fourth-order valence-corrected chi connectivity index (χ4v) is 3.64. The van der Waals surface area contributed by atoms with E-state index < -0.39 is 15.8 Å². The van der Waals surface area contributed by atoms with Crippen LogP contribution in [0.4, 0.5) is 4.39 Å². The van der Waals surface area contributed by atoms with Gasteiger partial charge in [0.05, 0.1) is 9.90 Å². The Morgan fingerprint density at radius 1 is 1.48 bits per heavy atom. The molecule has 0 saturated carbocycles. The molecule has 0 aliphatic carbocycles. The second-order valence-electron chi connectivity index (χ2n) is 4.58. The van der Waals surface area contributed by atoms with Crippen LogP contribution in [0.25, 0.3) is 0 Å². The number of hydrogen-bond acceptors (Lipinski definition) is 5. The SMILES string of the molecule is CC(CNS(=O)(=O)c1ccc(F)c(CN)c1)c1nccs1. The number of nitrogens with zero attached hydrogens (tertiary/aromatic N) is 1. The predicted molar refractivity (Wildman–Crippen MR) is 80.0 cm³/mol. The molecule has 0 aliphatic rings. The van der Waals surface area contributed by atoms with Gasteiger partial charge in [0.2, 0.25) is 10.0 Å². The highest BCUT2D eigenvalue weighted by Crippen LogP contribution is 2.18. The Bertz CT molecular complexity index is 702. The molecular weight excluding hydrogens is 313 g/mol. The minimum Gasteiger partial charge on any atom is -0.326 e. The lowest BCUT2D eigenvalue weighted by molar-refractivity contribution is 0.573. The first-order chi connectivity index (χ1) is 9.94. The van der Waals surface area contributed by atoms with Gasteiger partial charge in [-0.1, -0.05) is 6.92 Å². The van der Waals surface area contributed by atoms with Crippen molar-refractivity contribution in [3.63, 3.8) is 0 Å². The zero-order chi connectivity index (χ0) is 15.5. The molecule has 0 spiro atoms. The second kappa shape index (κ2) is 6.61. The van der Waals surface area contributed by atoms with Crippen molar-refractivity contribution in [2.45, 2.75) is 24.3 Å². The first kappa shape index (κ1) is 16.0. The Kier molecular flexibility index (Phi) is 5.04. The van der Waals surface area contributed by atoms with Gasteiger partial charge in [-0.3, -0.25) is 0 Å². The van der Waals surface area contributed by atoms with Crippen LogP contribution < -0.4 is 10.5 Å². The standard InChI is InChI=1S/C13H16FN3O2S2/c1-9(13-16-4-5-20-13)8-17-21(18,19)11-2-3-12(14)10(6-11)7-15/h2-6,9,17H,7-8,15H2,1H3. The van der Waals surface area contributed by atoms with Gasteiger partial charge < -0.3 is 5.73 Å². The molecule has 114 valence electrons. The van der Waals surface area contributed by atoms with Gasteiger partial charge in [0.25, 0.3) is 0 Å². The Balaban J connectivity index is 2.11. The summed E-state index contributed by atoms with van der Waals surface area (Å²) in [5, 5.41) is 2.70. The third-order valence-corrected chi connectivity index (χ3v) is 5.43. The minimum atomic E-state index is -3.69. The van der Waals surface area contributed by atoms with E-state index in [1.807, 2.05) is 12.3 Å². The van der Waals surface area contributed by atoms with Crippen LogP contribution in [-0.2, 0) is 16.6 Å². The van der Waals surface area contributed by atoms with Crippen LogP contribution >= 0.6 is 11.3 Å². The summed E-state index contributed by atoms with van der Waals surface area (Å²) in [5.41, 5.74) is 5.56. The monoisotopic (exact) mass is 329 g/mol. The van der Waals surface area contributed by atoms with E-state index in [4.69, 9.17) is 5.73 Å². The lowest BCUT2D eigenvalue weighted by Gasteiger charge is -2.11. The molecule has 5 nitrogen and oxygen atoms in total. The van der Waals surface area contributed by atoms with E-state index in [-0.39, 0.29) is 29.5 Å². The Morgan fingerprint density at radius 3 is 2.86 bits per heavy atom. The summed E-state index contributed by atoms with van der Waals surface area (Å²) in [5.74, 6) is -0.540. The van der Waals surface area contributed by atoms with Gasteiger partial charge in [-0.2, -0.15) is 0 Å². The Labute approximate surface area is 127 Å². The van der Waals surface area contributed by atoms with Gasteiger partial charge >= 0.3 is 0 Å². The highest BCUT2D eigenvalue weighted by atomic mass is 32.2. The summed E-state index contributed by atoms with van der Waals surface area (Å²) in [6, 6.07) is 3.59. The first-order valence-corrected chi connectivity index (χ1v) is 8.68. The Morgan fingerprint density at radius 2 is 2.24 bits per heavy atom. The molecule has 3 N–H and O–H groups in total. The largest absolute Gasteiger partial charge is 0.326 e. The van der Waals surface area contributed by atoms with E-state index in [1.54, 1.807) is 6.20 Å². The normalized spacial score (nSPS) is 13.3. The van der Waals surface area contributed by atoms with Crippen molar-refractivity contribution in [3.05, 3.63) is 46.2 Å². The van der Waals surface area contributed by atoms with Crippen LogP contribution in [-0.4, -0.2) is 19.9 Å². The van der Waals surface area contributed by atoms with Crippen molar-refractivity contribution >= 4 is 21.4 Å². The number of nitrogens with one attached hydrogen (secondary N) is 1. The number of rotatable bonds is 6. The zero-order valence-electron chi connectivity index (χ0n) is 11.4. The third kappa shape index (κ3) is 3.85. The number of thiazole rings is 1. The van der Waals surface area contributed by atoms with Crippen LogP contribution in [0.15, 0.2) is 34.7 Å². The average Bonchev–Trinajstić information content (AvgIpc) is 2.99.